The van der Waals surface area contributed by atoms with Gasteiger partial charge in [0, 0.05) is 20.5 Å². The topological polar surface area (TPSA) is 49.7 Å². The summed E-state index contributed by atoms with van der Waals surface area (Å²) in [6, 6.07) is 11.1. The van der Waals surface area contributed by atoms with Gasteiger partial charge in [-0.1, -0.05) is 6.92 Å². The molecule has 0 heterocycles. The van der Waals surface area contributed by atoms with E-state index in [2.05, 4.69) is 4.99 Å². The summed E-state index contributed by atoms with van der Waals surface area (Å²) < 4.78 is 37.9. The number of rotatable bonds is 4. The van der Waals surface area contributed by atoms with Gasteiger partial charge in [0.05, 0.1) is 15.5 Å². The molecule has 0 atom stereocenters. The van der Waals surface area contributed by atoms with Gasteiger partial charge in [-0.2, -0.15) is 0 Å². The first-order chi connectivity index (χ1) is 10.8. The molecule has 0 unspecified atom stereocenters. The molecule has 0 aliphatic heterocycles. The van der Waals surface area contributed by atoms with Gasteiger partial charge in [-0.3, -0.25) is 0 Å². The number of nitrogens with zero attached hydrogens (tertiary/aromatic N) is 2. The second-order valence-electron chi connectivity index (χ2n) is 5.23. The van der Waals surface area contributed by atoms with Crippen molar-refractivity contribution in [2.75, 3.05) is 14.1 Å². The Hall–Kier alpha value is -2.21. The molecule has 2 rings (SSSR count). The van der Waals surface area contributed by atoms with Gasteiger partial charge in [-0.05, 0) is 48.5 Å². The number of halogens is 1. The molecule has 0 fully saturated rings. The first-order valence-corrected chi connectivity index (χ1v) is 8.68. The van der Waals surface area contributed by atoms with Crippen LogP contribution in [0.5, 0.6) is 0 Å². The first-order valence-electron chi connectivity index (χ1n) is 7.20. The number of aliphatic imine (C=N–C) groups is 1. The third-order valence-corrected chi connectivity index (χ3v) is 5.15. The third-order valence-electron chi connectivity index (χ3n) is 3.36. The summed E-state index contributed by atoms with van der Waals surface area (Å²) in [7, 11) is 0.176. The predicted molar refractivity (Wildman–Crippen MR) is 89.4 cm³/mol. The van der Waals surface area contributed by atoms with Crippen LogP contribution in [0.4, 0.5) is 10.1 Å². The Morgan fingerprint density at radius 2 is 1.48 bits per heavy atom. The van der Waals surface area contributed by atoms with Crippen molar-refractivity contribution in [3.63, 3.8) is 0 Å². The molecule has 23 heavy (non-hydrogen) atoms. The van der Waals surface area contributed by atoms with Crippen molar-refractivity contribution in [3.8, 4) is 0 Å². The minimum atomic E-state index is -3.65. The molecular weight excluding hydrogens is 315 g/mol. The van der Waals surface area contributed by atoms with Gasteiger partial charge in [0.25, 0.3) is 0 Å². The maximum Gasteiger partial charge on any atom is 0.206 e. The van der Waals surface area contributed by atoms with Crippen LogP contribution in [0.2, 0.25) is 0 Å². The molecule has 0 aromatic heterocycles. The summed E-state index contributed by atoms with van der Waals surface area (Å²) in [4.78, 5) is 6.63. The van der Waals surface area contributed by atoms with Gasteiger partial charge in [-0.25, -0.2) is 17.8 Å². The van der Waals surface area contributed by atoms with Crippen LogP contribution in [0.15, 0.2) is 63.3 Å². The highest BCUT2D eigenvalue weighted by Gasteiger charge is 2.17. The highest BCUT2D eigenvalue weighted by atomic mass is 32.2. The minimum absolute atomic E-state index is 0.0673. The molecular formula is C17H19FN2O2S. The van der Waals surface area contributed by atoms with E-state index in [0.29, 0.717) is 5.69 Å². The molecule has 0 saturated carbocycles. The summed E-state index contributed by atoms with van der Waals surface area (Å²) in [6.45, 7) is 2.01. The van der Waals surface area contributed by atoms with Gasteiger partial charge < -0.3 is 4.90 Å². The minimum Gasteiger partial charge on any atom is -0.366 e. The van der Waals surface area contributed by atoms with Crippen LogP contribution >= 0.6 is 0 Å². The molecule has 0 radical (unpaired) electrons. The fraction of sp³-hybridized carbons (Fsp3) is 0.235. The molecule has 2 aromatic rings. The van der Waals surface area contributed by atoms with Gasteiger partial charge >= 0.3 is 0 Å². The lowest BCUT2D eigenvalue weighted by atomic mass is 10.3. The zero-order valence-electron chi connectivity index (χ0n) is 13.3. The van der Waals surface area contributed by atoms with E-state index in [1.54, 1.807) is 12.1 Å². The van der Waals surface area contributed by atoms with Crippen molar-refractivity contribution in [1.29, 1.82) is 0 Å². The van der Waals surface area contributed by atoms with E-state index in [1.807, 2.05) is 25.9 Å². The van der Waals surface area contributed by atoms with Crippen LogP contribution in [-0.4, -0.2) is 33.2 Å². The Balaban J connectivity index is 2.34. The van der Waals surface area contributed by atoms with E-state index in [9.17, 15) is 12.8 Å². The molecule has 0 saturated heterocycles. The normalized spacial score (nSPS) is 12.3. The molecule has 0 aliphatic rings. The highest BCUT2D eigenvalue weighted by Crippen LogP contribution is 2.23. The average Bonchev–Trinajstić information content (AvgIpc) is 2.53. The van der Waals surface area contributed by atoms with Crippen LogP contribution in [0.3, 0.4) is 0 Å². The molecule has 0 bridgehead atoms. The maximum atomic E-state index is 12.9. The molecule has 0 aliphatic carbocycles. The highest BCUT2D eigenvalue weighted by molar-refractivity contribution is 7.91. The maximum absolute atomic E-state index is 12.9. The lowest BCUT2D eigenvalue weighted by molar-refractivity contribution is 0.594. The Kier molecular flexibility index (Phi) is 5.15. The van der Waals surface area contributed by atoms with E-state index in [0.717, 1.165) is 24.4 Å². The number of hydrogen-bond acceptors (Lipinski definition) is 3. The van der Waals surface area contributed by atoms with Crippen molar-refractivity contribution in [2.24, 2.45) is 4.99 Å². The van der Waals surface area contributed by atoms with Crippen LogP contribution in [-0.2, 0) is 9.84 Å². The molecule has 0 spiro atoms. The average molecular weight is 334 g/mol. The largest absolute Gasteiger partial charge is 0.366 e. The second-order valence-corrected chi connectivity index (χ2v) is 7.18. The van der Waals surface area contributed by atoms with E-state index in [-0.39, 0.29) is 9.79 Å². The van der Waals surface area contributed by atoms with Crippen molar-refractivity contribution in [1.82, 2.24) is 4.90 Å². The zero-order chi connectivity index (χ0) is 17.0. The number of amidine groups is 1. The first kappa shape index (κ1) is 17.1. The summed E-state index contributed by atoms with van der Waals surface area (Å²) in [5.41, 5.74) is 0.689. The van der Waals surface area contributed by atoms with Crippen LogP contribution in [0.1, 0.15) is 13.3 Å². The number of benzene rings is 2. The van der Waals surface area contributed by atoms with E-state index >= 15 is 0 Å². The molecule has 0 N–H and O–H groups in total. The molecule has 4 nitrogen and oxygen atoms in total. The van der Waals surface area contributed by atoms with Crippen LogP contribution in [0.25, 0.3) is 0 Å². The Morgan fingerprint density at radius 3 is 1.91 bits per heavy atom. The monoisotopic (exact) mass is 334 g/mol. The molecule has 122 valence electrons. The van der Waals surface area contributed by atoms with Crippen molar-refractivity contribution in [3.05, 3.63) is 54.3 Å². The Bertz CT molecular complexity index is 795. The molecule has 6 heteroatoms. The molecule has 0 amide bonds. The summed E-state index contributed by atoms with van der Waals surface area (Å²) in [6.07, 6.45) is 0.780. The van der Waals surface area contributed by atoms with Crippen LogP contribution in [0, 0.1) is 5.82 Å². The van der Waals surface area contributed by atoms with Gasteiger partial charge in [0.15, 0.2) is 0 Å². The van der Waals surface area contributed by atoms with Gasteiger partial charge in [0.2, 0.25) is 9.84 Å². The van der Waals surface area contributed by atoms with Gasteiger partial charge in [0.1, 0.15) is 11.7 Å². The Labute approximate surface area is 136 Å². The second kappa shape index (κ2) is 6.91. The number of sulfone groups is 1. The van der Waals surface area contributed by atoms with E-state index in [4.69, 9.17) is 0 Å². The number of hydrogen-bond donors (Lipinski definition) is 0. The Morgan fingerprint density at radius 1 is 1.00 bits per heavy atom. The third kappa shape index (κ3) is 3.96. The van der Waals surface area contributed by atoms with Crippen LogP contribution < -0.4 is 0 Å². The molecule has 2 aromatic carbocycles. The van der Waals surface area contributed by atoms with E-state index < -0.39 is 15.7 Å². The summed E-state index contributed by atoms with van der Waals surface area (Å²) in [5.74, 6) is 0.434. The lowest BCUT2D eigenvalue weighted by Crippen LogP contribution is -2.20. The lowest BCUT2D eigenvalue weighted by Gasteiger charge is -2.14. The SMILES string of the molecule is CCC(=Nc1ccc(S(=O)(=O)c2ccc(F)cc2)cc1)N(C)C. The summed E-state index contributed by atoms with van der Waals surface area (Å²) >= 11 is 0. The zero-order valence-corrected chi connectivity index (χ0v) is 14.1. The standard InChI is InChI=1S/C17H19FN2O2S/c1-4-17(20(2)3)19-14-7-11-16(12-8-14)23(21,22)15-9-5-13(18)6-10-15/h5-12H,4H2,1-3H3. The van der Waals surface area contributed by atoms with Crippen molar-refractivity contribution in [2.45, 2.75) is 23.1 Å². The smallest absolute Gasteiger partial charge is 0.206 e. The summed E-state index contributed by atoms with van der Waals surface area (Å²) in [5, 5.41) is 0. The fourth-order valence-corrected chi connectivity index (χ4v) is 3.35. The van der Waals surface area contributed by atoms with Crippen molar-refractivity contribution < 1.29 is 12.8 Å². The van der Waals surface area contributed by atoms with Gasteiger partial charge in [-0.15, -0.1) is 0 Å². The van der Waals surface area contributed by atoms with E-state index in [1.165, 1.54) is 24.3 Å². The predicted octanol–water partition coefficient (Wildman–Crippen LogP) is 3.66. The quantitative estimate of drug-likeness (QED) is 0.487. The fourth-order valence-electron chi connectivity index (χ4n) is 2.09. The van der Waals surface area contributed by atoms with Crippen molar-refractivity contribution >= 4 is 21.4 Å².